The summed E-state index contributed by atoms with van der Waals surface area (Å²) in [6, 6.07) is 0. The van der Waals surface area contributed by atoms with Crippen LogP contribution in [-0.2, 0) is 0 Å². The summed E-state index contributed by atoms with van der Waals surface area (Å²) in [4.78, 5) is 0. The average molecular weight is 170 g/mol. The lowest BCUT2D eigenvalue weighted by atomic mass is 10.0. The largest absolute Gasteiger partial charge is 0.390 e. The summed E-state index contributed by atoms with van der Waals surface area (Å²) in [5.41, 5.74) is 0. The quantitative estimate of drug-likeness (QED) is 0.664. The molecule has 0 aromatic heterocycles. The van der Waals surface area contributed by atoms with Crippen molar-refractivity contribution in [2.75, 3.05) is 0 Å². The highest BCUT2D eigenvalue weighted by molar-refractivity contribution is 4.98. The van der Waals surface area contributed by atoms with Crippen LogP contribution in [0.5, 0.6) is 0 Å². The maximum absolute atomic E-state index is 9.71. The topological polar surface area (TPSA) is 40.5 Å². The molecule has 2 rings (SSSR count). The Bertz CT molecular complexity index is 161. The van der Waals surface area contributed by atoms with Crippen molar-refractivity contribution in [3.63, 3.8) is 0 Å². The minimum absolute atomic E-state index is 0.382. The van der Waals surface area contributed by atoms with Crippen molar-refractivity contribution in [2.45, 2.75) is 38.9 Å². The van der Waals surface area contributed by atoms with E-state index in [2.05, 4.69) is 13.8 Å². The maximum Gasteiger partial charge on any atom is 0.0832 e. The second-order valence-corrected chi connectivity index (χ2v) is 4.73. The standard InChI is InChI=1S/C10H18O2/c1-5-3-7(5)9(11)10(12)8-4-6(8)2/h5-12H,3-4H2,1-2H3/t5-,6-,7-,8-,9-,10+/m0/s1. The van der Waals surface area contributed by atoms with Crippen molar-refractivity contribution in [1.82, 2.24) is 0 Å². The van der Waals surface area contributed by atoms with Gasteiger partial charge in [0.2, 0.25) is 0 Å². The molecule has 0 heterocycles. The Labute approximate surface area is 73.6 Å². The molecule has 2 aliphatic carbocycles. The second kappa shape index (κ2) is 2.71. The first-order valence-electron chi connectivity index (χ1n) is 4.97. The normalized spacial score (nSPS) is 50.0. The van der Waals surface area contributed by atoms with Crippen LogP contribution in [0.15, 0.2) is 0 Å². The molecule has 2 N–H and O–H groups in total. The van der Waals surface area contributed by atoms with Crippen LogP contribution >= 0.6 is 0 Å². The van der Waals surface area contributed by atoms with Crippen LogP contribution in [0.2, 0.25) is 0 Å². The number of aliphatic hydroxyl groups is 2. The van der Waals surface area contributed by atoms with Crippen molar-refractivity contribution in [1.29, 1.82) is 0 Å². The zero-order valence-corrected chi connectivity index (χ0v) is 7.77. The first kappa shape index (κ1) is 8.52. The van der Waals surface area contributed by atoms with Crippen LogP contribution in [-0.4, -0.2) is 22.4 Å². The molecule has 0 unspecified atom stereocenters. The number of aliphatic hydroxyl groups excluding tert-OH is 2. The second-order valence-electron chi connectivity index (χ2n) is 4.73. The van der Waals surface area contributed by atoms with Gasteiger partial charge in [-0.1, -0.05) is 13.8 Å². The molecule has 0 spiro atoms. The summed E-state index contributed by atoms with van der Waals surface area (Å²) < 4.78 is 0. The van der Waals surface area contributed by atoms with E-state index in [1.807, 2.05) is 0 Å². The van der Waals surface area contributed by atoms with Crippen LogP contribution in [0, 0.1) is 23.7 Å². The summed E-state index contributed by atoms with van der Waals surface area (Å²) in [6.07, 6.45) is 1.29. The molecule has 0 aliphatic heterocycles. The Kier molecular flexibility index (Phi) is 1.92. The van der Waals surface area contributed by atoms with Gasteiger partial charge in [-0.15, -0.1) is 0 Å². The minimum atomic E-state index is -0.449. The Hall–Kier alpha value is -0.0800. The predicted octanol–water partition coefficient (Wildman–Crippen LogP) is 1.02. The van der Waals surface area contributed by atoms with Gasteiger partial charge in [0.25, 0.3) is 0 Å². The van der Waals surface area contributed by atoms with E-state index in [1.54, 1.807) is 0 Å². The lowest BCUT2D eigenvalue weighted by Crippen LogP contribution is -2.30. The Morgan fingerprint density at radius 3 is 1.33 bits per heavy atom. The van der Waals surface area contributed by atoms with E-state index in [4.69, 9.17) is 0 Å². The van der Waals surface area contributed by atoms with Crippen LogP contribution in [0.1, 0.15) is 26.7 Å². The molecule has 12 heavy (non-hydrogen) atoms. The molecule has 0 aromatic carbocycles. The van der Waals surface area contributed by atoms with E-state index in [1.165, 1.54) is 0 Å². The molecule has 2 saturated carbocycles. The van der Waals surface area contributed by atoms with E-state index in [9.17, 15) is 10.2 Å². The lowest BCUT2D eigenvalue weighted by molar-refractivity contribution is -0.0115. The van der Waals surface area contributed by atoms with Crippen molar-refractivity contribution >= 4 is 0 Å². The summed E-state index contributed by atoms with van der Waals surface area (Å²) >= 11 is 0. The Balaban J connectivity index is 1.83. The third-order valence-corrected chi connectivity index (χ3v) is 3.57. The van der Waals surface area contributed by atoms with Gasteiger partial charge in [-0.2, -0.15) is 0 Å². The van der Waals surface area contributed by atoms with Gasteiger partial charge >= 0.3 is 0 Å². The maximum atomic E-state index is 9.71. The van der Waals surface area contributed by atoms with Gasteiger partial charge in [-0.3, -0.25) is 0 Å². The molecule has 0 saturated heterocycles. The number of rotatable bonds is 3. The molecule has 0 aromatic rings. The highest BCUT2D eigenvalue weighted by atomic mass is 16.3. The summed E-state index contributed by atoms with van der Waals surface area (Å²) in [5, 5.41) is 19.4. The van der Waals surface area contributed by atoms with E-state index in [-0.39, 0.29) is 0 Å². The zero-order chi connectivity index (χ0) is 8.88. The summed E-state index contributed by atoms with van der Waals surface area (Å²) in [7, 11) is 0. The van der Waals surface area contributed by atoms with Crippen LogP contribution < -0.4 is 0 Å². The van der Waals surface area contributed by atoms with E-state index in [0.717, 1.165) is 12.8 Å². The molecular formula is C10H18O2. The fraction of sp³-hybridized carbons (Fsp3) is 1.00. The van der Waals surface area contributed by atoms with Crippen molar-refractivity contribution in [3.05, 3.63) is 0 Å². The van der Waals surface area contributed by atoms with Crippen LogP contribution in [0.3, 0.4) is 0 Å². The van der Waals surface area contributed by atoms with Crippen LogP contribution in [0.25, 0.3) is 0 Å². The lowest BCUT2D eigenvalue weighted by Gasteiger charge is -2.17. The number of hydrogen-bond donors (Lipinski definition) is 2. The van der Waals surface area contributed by atoms with E-state index in [0.29, 0.717) is 23.7 Å². The molecule has 2 aliphatic rings. The Morgan fingerprint density at radius 2 is 1.17 bits per heavy atom. The molecule has 0 bridgehead atoms. The molecule has 2 fully saturated rings. The monoisotopic (exact) mass is 170 g/mol. The molecule has 0 radical (unpaired) electrons. The van der Waals surface area contributed by atoms with Gasteiger partial charge in [0.05, 0.1) is 12.2 Å². The molecule has 2 nitrogen and oxygen atoms in total. The average Bonchev–Trinajstić information content (AvgIpc) is 2.88. The first-order chi connectivity index (χ1) is 5.61. The highest BCUT2D eigenvalue weighted by Gasteiger charge is 2.48. The van der Waals surface area contributed by atoms with E-state index < -0.39 is 12.2 Å². The molecule has 70 valence electrons. The fourth-order valence-corrected chi connectivity index (χ4v) is 2.16. The van der Waals surface area contributed by atoms with Gasteiger partial charge < -0.3 is 10.2 Å². The third kappa shape index (κ3) is 1.38. The smallest absolute Gasteiger partial charge is 0.0832 e. The minimum Gasteiger partial charge on any atom is -0.390 e. The van der Waals surface area contributed by atoms with Gasteiger partial charge in [0.1, 0.15) is 0 Å². The van der Waals surface area contributed by atoms with Gasteiger partial charge in [-0.25, -0.2) is 0 Å². The van der Waals surface area contributed by atoms with Gasteiger partial charge in [0.15, 0.2) is 0 Å². The van der Waals surface area contributed by atoms with Crippen molar-refractivity contribution in [3.8, 4) is 0 Å². The van der Waals surface area contributed by atoms with Gasteiger partial charge in [-0.05, 0) is 36.5 Å². The van der Waals surface area contributed by atoms with E-state index >= 15 is 0 Å². The third-order valence-electron chi connectivity index (χ3n) is 3.57. The highest BCUT2D eigenvalue weighted by Crippen LogP contribution is 2.47. The predicted molar refractivity (Wildman–Crippen MR) is 46.6 cm³/mol. The number of hydrogen-bond acceptors (Lipinski definition) is 2. The first-order valence-corrected chi connectivity index (χ1v) is 4.97. The van der Waals surface area contributed by atoms with Crippen molar-refractivity contribution in [2.24, 2.45) is 23.7 Å². The SMILES string of the molecule is C[C@H]1C[C@@H]1[C@H](O)[C@H](O)[C@H]1C[C@@H]1C. The molecule has 6 atom stereocenters. The van der Waals surface area contributed by atoms with Crippen molar-refractivity contribution < 1.29 is 10.2 Å². The molecule has 0 amide bonds. The molecular weight excluding hydrogens is 152 g/mol. The fourth-order valence-electron chi connectivity index (χ4n) is 2.16. The molecule has 2 heteroatoms. The van der Waals surface area contributed by atoms with Gasteiger partial charge in [0, 0.05) is 0 Å². The van der Waals surface area contributed by atoms with Crippen LogP contribution in [0.4, 0.5) is 0 Å². The summed E-state index contributed by atoms with van der Waals surface area (Å²) in [5.74, 6) is 2.02. The Morgan fingerprint density at radius 1 is 0.917 bits per heavy atom. The zero-order valence-electron chi connectivity index (χ0n) is 7.77. The summed E-state index contributed by atoms with van der Waals surface area (Å²) in [6.45, 7) is 4.27.